The molecule has 0 bridgehead atoms. The summed E-state index contributed by atoms with van der Waals surface area (Å²) in [6.07, 6.45) is 0. The van der Waals surface area contributed by atoms with Crippen LogP contribution in [0.2, 0.25) is 0 Å². The standard InChI is InChI=1S/C22H19NS/c1-14-16(3)24-22-19(14)21(18-12-8-5-9-13-18)20(15(2)23-22)17-10-6-4-7-11-17/h4-13H,1-3H3. The molecule has 0 saturated heterocycles. The number of fused-ring (bicyclic) bond motifs is 1. The van der Waals surface area contributed by atoms with Crippen molar-refractivity contribution in [3.63, 3.8) is 0 Å². The van der Waals surface area contributed by atoms with E-state index in [1.54, 1.807) is 11.3 Å². The lowest BCUT2D eigenvalue weighted by Crippen LogP contribution is -1.94. The highest BCUT2D eigenvalue weighted by atomic mass is 32.1. The number of hydrogen-bond acceptors (Lipinski definition) is 2. The lowest BCUT2D eigenvalue weighted by atomic mass is 9.90. The summed E-state index contributed by atoms with van der Waals surface area (Å²) < 4.78 is 0. The van der Waals surface area contributed by atoms with Crippen LogP contribution in [0.3, 0.4) is 0 Å². The monoisotopic (exact) mass is 329 g/mol. The van der Waals surface area contributed by atoms with Crippen LogP contribution in [0.4, 0.5) is 0 Å². The molecule has 0 fully saturated rings. The van der Waals surface area contributed by atoms with Crippen LogP contribution in [-0.2, 0) is 0 Å². The molecule has 0 atom stereocenters. The van der Waals surface area contributed by atoms with Gasteiger partial charge in [0.05, 0.1) is 0 Å². The largest absolute Gasteiger partial charge is 0.242 e. The third-order valence-corrected chi connectivity index (χ3v) is 5.72. The lowest BCUT2D eigenvalue weighted by Gasteiger charge is -2.15. The lowest BCUT2D eigenvalue weighted by molar-refractivity contribution is 1.27. The molecule has 0 amide bonds. The van der Waals surface area contributed by atoms with Gasteiger partial charge in [-0.1, -0.05) is 60.7 Å². The minimum atomic E-state index is 1.09. The van der Waals surface area contributed by atoms with Gasteiger partial charge in [-0.25, -0.2) is 4.98 Å². The maximum atomic E-state index is 4.94. The average molecular weight is 329 g/mol. The highest BCUT2D eigenvalue weighted by molar-refractivity contribution is 7.18. The molecule has 0 spiro atoms. The molecular weight excluding hydrogens is 310 g/mol. The van der Waals surface area contributed by atoms with Crippen molar-refractivity contribution in [3.05, 3.63) is 76.8 Å². The van der Waals surface area contributed by atoms with Gasteiger partial charge in [-0.3, -0.25) is 0 Å². The number of aromatic nitrogens is 1. The second-order valence-electron chi connectivity index (χ2n) is 6.14. The fraction of sp³-hybridized carbons (Fsp3) is 0.136. The molecule has 24 heavy (non-hydrogen) atoms. The van der Waals surface area contributed by atoms with E-state index in [1.807, 2.05) is 0 Å². The van der Waals surface area contributed by atoms with Crippen LogP contribution in [0, 0.1) is 20.8 Å². The Labute approximate surface area is 146 Å². The molecule has 0 unspecified atom stereocenters. The molecule has 0 aliphatic carbocycles. The summed E-state index contributed by atoms with van der Waals surface area (Å²) in [6, 6.07) is 21.3. The highest BCUT2D eigenvalue weighted by Crippen LogP contribution is 2.43. The van der Waals surface area contributed by atoms with Crippen LogP contribution in [0.5, 0.6) is 0 Å². The van der Waals surface area contributed by atoms with Crippen molar-refractivity contribution in [2.75, 3.05) is 0 Å². The molecular formula is C22H19NS. The van der Waals surface area contributed by atoms with Crippen molar-refractivity contribution in [1.82, 2.24) is 4.98 Å². The van der Waals surface area contributed by atoms with Crippen LogP contribution >= 0.6 is 11.3 Å². The number of benzene rings is 2. The van der Waals surface area contributed by atoms with Gasteiger partial charge in [0.25, 0.3) is 0 Å². The van der Waals surface area contributed by atoms with Crippen molar-refractivity contribution in [2.24, 2.45) is 0 Å². The first-order valence-corrected chi connectivity index (χ1v) is 8.99. The zero-order chi connectivity index (χ0) is 16.7. The molecule has 0 aliphatic heterocycles. The molecule has 2 aromatic carbocycles. The van der Waals surface area contributed by atoms with Gasteiger partial charge in [-0.2, -0.15) is 0 Å². The number of aryl methyl sites for hydroxylation is 3. The Morgan fingerprint density at radius 2 is 1.25 bits per heavy atom. The van der Waals surface area contributed by atoms with Crippen LogP contribution in [0.1, 0.15) is 16.1 Å². The van der Waals surface area contributed by atoms with E-state index < -0.39 is 0 Å². The molecule has 0 radical (unpaired) electrons. The molecule has 0 N–H and O–H groups in total. The molecule has 2 heterocycles. The Morgan fingerprint density at radius 3 is 1.83 bits per heavy atom. The Bertz CT molecular complexity index is 1010. The zero-order valence-electron chi connectivity index (χ0n) is 14.1. The third kappa shape index (κ3) is 2.35. The fourth-order valence-electron chi connectivity index (χ4n) is 3.35. The second-order valence-corrected chi connectivity index (χ2v) is 7.35. The van der Waals surface area contributed by atoms with E-state index in [9.17, 15) is 0 Å². The number of rotatable bonds is 2. The molecule has 0 saturated carbocycles. The summed E-state index contributed by atoms with van der Waals surface area (Å²) in [5, 5.41) is 1.30. The van der Waals surface area contributed by atoms with Gasteiger partial charge in [0, 0.05) is 27.1 Å². The summed E-state index contributed by atoms with van der Waals surface area (Å²) in [6.45, 7) is 6.53. The number of thiophene rings is 1. The Morgan fingerprint density at radius 1 is 0.708 bits per heavy atom. The van der Waals surface area contributed by atoms with Crippen LogP contribution in [-0.4, -0.2) is 4.98 Å². The first kappa shape index (κ1) is 15.1. The van der Waals surface area contributed by atoms with E-state index in [4.69, 9.17) is 4.98 Å². The predicted octanol–water partition coefficient (Wildman–Crippen LogP) is 6.56. The predicted molar refractivity (Wildman–Crippen MR) is 105 cm³/mol. The molecule has 1 nitrogen and oxygen atoms in total. The van der Waals surface area contributed by atoms with Gasteiger partial charge in [-0.15, -0.1) is 11.3 Å². The van der Waals surface area contributed by atoms with E-state index in [1.165, 1.54) is 38.1 Å². The van der Waals surface area contributed by atoms with Crippen molar-refractivity contribution in [2.45, 2.75) is 20.8 Å². The van der Waals surface area contributed by atoms with Crippen molar-refractivity contribution >= 4 is 21.6 Å². The van der Waals surface area contributed by atoms with E-state index in [0.29, 0.717) is 0 Å². The normalized spacial score (nSPS) is 11.1. The van der Waals surface area contributed by atoms with Gasteiger partial charge < -0.3 is 0 Å². The minimum absolute atomic E-state index is 1.09. The van der Waals surface area contributed by atoms with Gasteiger partial charge >= 0.3 is 0 Å². The molecule has 0 aliphatic rings. The molecule has 2 heteroatoms. The third-order valence-electron chi connectivity index (χ3n) is 4.62. The molecule has 4 rings (SSSR count). The van der Waals surface area contributed by atoms with Crippen molar-refractivity contribution in [3.8, 4) is 22.3 Å². The van der Waals surface area contributed by atoms with Crippen molar-refractivity contribution < 1.29 is 0 Å². The zero-order valence-corrected chi connectivity index (χ0v) is 14.9. The summed E-state index contributed by atoms with van der Waals surface area (Å²) >= 11 is 1.79. The van der Waals surface area contributed by atoms with Gasteiger partial charge in [0.2, 0.25) is 0 Å². The highest BCUT2D eigenvalue weighted by Gasteiger charge is 2.19. The van der Waals surface area contributed by atoms with Crippen molar-refractivity contribution in [1.29, 1.82) is 0 Å². The number of nitrogens with zero attached hydrogens (tertiary/aromatic N) is 1. The van der Waals surface area contributed by atoms with E-state index in [2.05, 4.69) is 81.4 Å². The van der Waals surface area contributed by atoms with E-state index >= 15 is 0 Å². The topological polar surface area (TPSA) is 12.9 Å². The average Bonchev–Trinajstić information content (AvgIpc) is 2.89. The van der Waals surface area contributed by atoms with E-state index in [-0.39, 0.29) is 0 Å². The fourth-order valence-corrected chi connectivity index (χ4v) is 4.43. The summed E-state index contributed by atoms with van der Waals surface area (Å²) in [5.41, 5.74) is 7.48. The first-order chi connectivity index (χ1) is 11.7. The van der Waals surface area contributed by atoms with Gasteiger partial charge in [0.1, 0.15) is 4.83 Å². The quantitative estimate of drug-likeness (QED) is 0.406. The smallest absolute Gasteiger partial charge is 0.124 e. The summed E-state index contributed by atoms with van der Waals surface area (Å²) in [7, 11) is 0. The Hall–Kier alpha value is -2.45. The van der Waals surface area contributed by atoms with Crippen LogP contribution in [0.25, 0.3) is 32.5 Å². The summed E-state index contributed by atoms with van der Waals surface area (Å²) in [5.74, 6) is 0. The molecule has 118 valence electrons. The SMILES string of the molecule is Cc1nc2sc(C)c(C)c2c(-c2ccccc2)c1-c1ccccc1. The molecule has 4 aromatic rings. The van der Waals surface area contributed by atoms with E-state index in [0.717, 1.165) is 10.5 Å². The summed E-state index contributed by atoms with van der Waals surface area (Å²) in [4.78, 5) is 7.42. The number of hydrogen-bond donors (Lipinski definition) is 0. The number of pyridine rings is 1. The Balaban J connectivity index is 2.19. The maximum Gasteiger partial charge on any atom is 0.124 e. The second kappa shape index (κ2) is 5.88. The maximum absolute atomic E-state index is 4.94. The minimum Gasteiger partial charge on any atom is -0.242 e. The van der Waals surface area contributed by atoms with Crippen LogP contribution < -0.4 is 0 Å². The van der Waals surface area contributed by atoms with Crippen LogP contribution in [0.15, 0.2) is 60.7 Å². The molecule has 2 aromatic heterocycles. The Kier molecular flexibility index (Phi) is 3.70. The first-order valence-electron chi connectivity index (χ1n) is 8.18. The van der Waals surface area contributed by atoms with Gasteiger partial charge in [0.15, 0.2) is 0 Å². The van der Waals surface area contributed by atoms with Gasteiger partial charge in [-0.05, 0) is 37.5 Å².